The Kier molecular flexibility index (Phi) is 6.79. The van der Waals surface area contributed by atoms with Gasteiger partial charge in [-0.05, 0) is 18.1 Å². The molecule has 1 aliphatic heterocycles. The molecule has 0 amide bonds. The maximum Gasteiger partial charge on any atom is 0.449 e. The number of hydrogen-bond donors (Lipinski definition) is 1. The third-order valence-corrected chi connectivity index (χ3v) is 5.42. The highest BCUT2D eigenvalue weighted by Gasteiger charge is 2.41. The largest absolute Gasteiger partial charge is 0.464 e. The number of ether oxygens (including phenoxy) is 1. The average molecular weight is 480 g/mol. The predicted molar refractivity (Wildman–Crippen MR) is 104 cm³/mol. The fraction of sp³-hybridized carbons (Fsp3) is 0.421. The van der Waals surface area contributed by atoms with Crippen molar-refractivity contribution in [1.29, 1.82) is 0 Å². The molecule has 0 spiro atoms. The first-order valence-corrected chi connectivity index (χ1v) is 9.74. The SMILES string of the molecule is COC(=O)c1nc(C(F)(F)F)n2c1CN(C(=S)C[C@@H](N)Cc1cc(F)c(F)cc1F)CC2. The number of thiocarbonyl (C=S) groups is 1. The molecule has 0 unspecified atom stereocenters. The van der Waals surface area contributed by atoms with Gasteiger partial charge in [-0.2, -0.15) is 13.2 Å². The van der Waals surface area contributed by atoms with Crippen molar-refractivity contribution in [2.45, 2.75) is 38.1 Å². The molecule has 13 heteroatoms. The molecule has 0 radical (unpaired) electrons. The summed E-state index contributed by atoms with van der Waals surface area (Å²) in [5, 5.41) is 0. The van der Waals surface area contributed by atoms with Crippen LogP contribution in [0, 0.1) is 17.5 Å². The first kappa shape index (κ1) is 24.0. The summed E-state index contributed by atoms with van der Waals surface area (Å²) in [6, 6.07) is 0.377. The van der Waals surface area contributed by atoms with Crippen molar-refractivity contribution in [2.75, 3.05) is 13.7 Å². The number of alkyl halides is 3. The molecular weight excluding hydrogens is 462 g/mol. The van der Waals surface area contributed by atoms with Crippen molar-refractivity contribution in [2.24, 2.45) is 5.73 Å². The first-order chi connectivity index (χ1) is 14.9. The summed E-state index contributed by atoms with van der Waals surface area (Å²) in [5.41, 5.74) is 5.40. The Morgan fingerprint density at radius 2 is 1.88 bits per heavy atom. The van der Waals surface area contributed by atoms with Gasteiger partial charge >= 0.3 is 12.1 Å². The summed E-state index contributed by atoms with van der Waals surface area (Å²) >= 11 is 5.34. The van der Waals surface area contributed by atoms with Crippen LogP contribution in [0.4, 0.5) is 26.3 Å². The van der Waals surface area contributed by atoms with Crippen LogP contribution in [0.5, 0.6) is 0 Å². The second-order valence-electron chi connectivity index (χ2n) is 7.21. The van der Waals surface area contributed by atoms with Gasteiger partial charge in [0.1, 0.15) is 5.82 Å². The van der Waals surface area contributed by atoms with Crippen LogP contribution in [0.15, 0.2) is 12.1 Å². The second kappa shape index (κ2) is 9.06. The van der Waals surface area contributed by atoms with E-state index in [4.69, 9.17) is 18.0 Å². The number of rotatable bonds is 5. The lowest BCUT2D eigenvalue weighted by molar-refractivity contribution is -0.147. The fourth-order valence-electron chi connectivity index (χ4n) is 3.49. The number of benzene rings is 1. The molecule has 1 atom stereocenters. The van der Waals surface area contributed by atoms with E-state index in [9.17, 15) is 31.1 Å². The number of aromatic nitrogens is 2. The third kappa shape index (κ3) is 4.88. The van der Waals surface area contributed by atoms with Gasteiger partial charge in [0.25, 0.3) is 0 Å². The zero-order chi connectivity index (χ0) is 23.8. The molecule has 32 heavy (non-hydrogen) atoms. The smallest absolute Gasteiger partial charge is 0.449 e. The van der Waals surface area contributed by atoms with Gasteiger partial charge in [0.15, 0.2) is 17.3 Å². The minimum atomic E-state index is -4.76. The van der Waals surface area contributed by atoms with Crippen molar-refractivity contribution >= 4 is 23.2 Å². The molecule has 3 rings (SSSR count). The molecule has 2 N–H and O–H groups in total. The minimum Gasteiger partial charge on any atom is -0.464 e. The lowest BCUT2D eigenvalue weighted by atomic mass is 10.0. The van der Waals surface area contributed by atoms with E-state index in [2.05, 4.69) is 9.72 Å². The molecule has 0 bridgehead atoms. The highest BCUT2D eigenvalue weighted by molar-refractivity contribution is 7.80. The number of nitrogens with zero attached hydrogens (tertiary/aromatic N) is 3. The molecule has 0 saturated carbocycles. The summed E-state index contributed by atoms with van der Waals surface area (Å²) in [7, 11) is 1.03. The second-order valence-corrected chi connectivity index (χ2v) is 7.68. The van der Waals surface area contributed by atoms with E-state index >= 15 is 0 Å². The molecule has 2 aromatic rings. The lowest BCUT2D eigenvalue weighted by Gasteiger charge is -2.32. The Bertz CT molecular complexity index is 1060. The Morgan fingerprint density at radius 3 is 2.50 bits per heavy atom. The Balaban J connectivity index is 1.75. The van der Waals surface area contributed by atoms with E-state index in [0.29, 0.717) is 12.1 Å². The van der Waals surface area contributed by atoms with Crippen LogP contribution in [0.1, 0.15) is 34.0 Å². The number of esters is 1. The van der Waals surface area contributed by atoms with E-state index < -0.39 is 47.2 Å². The maximum atomic E-state index is 13.8. The number of nitrogens with two attached hydrogens (primary N) is 1. The van der Waals surface area contributed by atoms with Crippen molar-refractivity contribution < 1.29 is 35.9 Å². The van der Waals surface area contributed by atoms with E-state index in [1.807, 2.05) is 0 Å². The molecule has 0 fully saturated rings. The zero-order valence-corrected chi connectivity index (χ0v) is 17.5. The number of fused-ring (bicyclic) bond motifs is 1. The molecule has 0 aliphatic carbocycles. The fourth-order valence-corrected chi connectivity index (χ4v) is 3.86. The van der Waals surface area contributed by atoms with Crippen molar-refractivity contribution in [3.05, 3.63) is 52.4 Å². The molecular formula is C19H18F6N4O2S. The van der Waals surface area contributed by atoms with Gasteiger partial charge in [0.05, 0.1) is 24.3 Å². The van der Waals surface area contributed by atoms with Crippen molar-refractivity contribution in [3.8, 4) is 0 Å². The number of hydrogen-bond acceptors (Lipinski definition) is 5. The highest BCUT2D eigenvalue weighted by Crippen LogP contribution is 2.32. The van der Waals surface area contributed by atoms with E-state index in [-0.39, 0.29) is 48.7 Å². The van der Waals surface area contributed by atoms with E-state index in [1.165, 1.54) is 0 Å². The highest BCUT2D eigenvalue weighted by atomic mass is 32.1. The molecule has 1 aromatic heterocycles. The van der Waals surface area contributed by atoms with Crippen LogP contribution in [-0.2, 0) is 30.4 Å². The third-order valence-electron chi connectivity index (χ3n) is 5.00. The average Bonchev–Trinajstić information content (AvgIpc) is 3.10. The normalized spacial score (nSPS) is 14.8. The zero-order valence-electron chi connectivity index (χ0n) is 16.7. The van der Waals surface area contributed by atoms with Gasteiger partial charge in [0.2, 0.25) is 5.82 Å². The quantitative estimate of drug-likeness (QED) is 0.307. The minimum absolute atomic E-state index is 0.00186. The molecule has 2 heterocycles. The molecule has 1 aliphatic rings. The van der Waals surface area contributed by atoms with Gasteiger partial charge in [-0.15, -0.1) is 0 Å². The molecule has 174 valence electrons. The Labute approximate surface area is 183 Å². The van der Waals surface area contributed by atoms with Crippen LogP contribution in [-0.4, -0.2) is 45.1 Å². The lowest BCUT2D eigenvalue weighted by Crippen LogP contribution is -2.41. The summed E-state index contributed by atoms with van der Waals surface area (Å²) in [5.74, 6) is -5.70. The number of imidazole rings is 1. The monoisotopic (exact) mass is 480 g/mol. The van der Waals surface area contributed by atoms with Crippen LogP contribution < -0.4 is 5.73 Å². The summed E-state index contributed by atoms with van der Waals surface area (Å²) in [6.45, 7) is -0.182. The van der Waals surface area contributed by atoms with Crippen LogP contribution >= 0.6 is 12.2 Å². The van der Waals surface area contributed by atoms with Crippen molar-refractivity contribution in [1.82, 2.24) is 14.5 Å². The first-order valence-electron chi connectivity index (χ1n) is 9.34. The molecule has 1 aromatic carbocycles. The molecule has 6 nitrogen and oxygen atoms in total. The van der Waals surface area contributed by atoms with Gasteiger partial charge < -0.3 is 19.9 Å². The van der Waals surface area contributed by atoms with Gasteiger partial charge in [-0.3, -0.25) is 0 Å². The number of carbonyl (C=O) groups excluding carboxylic acids is 1. The van der Waals surface area contributed by atoms with Crippen LogP contribution in [0.25, 0.3) is 0 Å². The van der Waals surface area contributed by atoms with Gasteiger partial charge in [0, 0.05) is 31.6 Å². The van der Waals surface area contributed by atoms with E-state index in [0.717, 1.165) is 11.7 Å². The van der Waals surface area contributed by atoms with E-state index in [1.54, 1.807) is 4.90 Å². The van der Waals surface area contributed by atoms with Crippen LogP contribution in [0.2, 0.25) is 0 Å². The standard InChI is InChI=1S/C19H18F6N4O2S/c1-31-17(30)16-14-8-28(2-3-29(14)18(27-16)19(23,24)25)15(32)6-10(26)4-9-5-12(21)13(22)7-11(9)20/h5,7,10H,2-4,6,8,26H2,1H3/t10-/m0/s1. The van der Waals surface area contributed by atoms with Crippen LogP contribution in [0.3, 0.4) is 0 Å². The van der Waals surface area contributed by atoms with Gasteiger partial charge in [-0.1, -0.05) is 12.2 Å². The van der Waals surface area contributed by atoms with Gasteiger partial charge in [-0.25, -0.2) is 22.9 Å². The Morgan fingerprint density at radius 1 is 1.22 bits per heavy atom. The molecule has 0 saturated heterocycles. The number of methoxy groups -OCH3 is 1. The summed E-state index contributed by atoms with van der Waals surface area (Å²) < 4.78 is 85.7. The number of halogens is 6. The maximum absolute atomic E-state index is 13.8. The Hall–Kier alpha value is -2.67. The predicted octanol–water partition coefficient (Wildman–Crippen LogP) is 3.21. The summed E-state index contributed by atoms with van der Waals surface area (Å²) in [4.78, 5) is 17.2. The summed E-state index contributed by atoms with van der Waals surface area (Å²) in [6.07, 6.45) is -4.87. The van der Waals surface area contributed by atoms with Crippen molar-refractivity contribution in [3.63, 3.8) is 0 Å². The topological polar surface area (TPSA) is 73.4 Å². The number of carbonyl (C=O) groups is 1.